The number of pyridine rings is 1. The van der Waals surface area contributed by atoms with E-state index in [1.54, 1.807) is 0 Å². The van der Waals surface area contributed by atoms with Crippen molar-refractivity contribution < 1.29 is 4.74 Å². The van der Waals surface area contributed by atoms with Crippen LogP contribution in [0.3, 0.4) is 0 Å². The summed E-state index contributed by atoms with van der Waals surface area (Å²) in [6.45, 7) is 1.51. The zero-order valence-corrected chi connectivity index (χ0v) is 7.76. The first-order chi connectivity index (χ1) is 6.92. The summed E-state index contributed by atoms with van der Waals surface area (Å²) >= 11 is 0. The van der Waals surface area contributed by atoms with Crippen LogP contribution in [0.5, 0.6) is 0 Å². The van der Waals surface area contributed by atoms with Gasteiger partial charge in [-0.3, -0.25) is 4.40 Å². The van der Waals surface area contributed by atoms with Gasteiger partial charge >= 0.3 is 0 Å². The molecule has 0 atom stereocenters. The Morgan fingerprint density at radius 1 is 1.36 bits per heavy atom. The van der Waals surface area contributed by atoms with Gasteiger partial charge in [0.1, 0.15) is 6.61 Å². The molecule has 2 rings (SSSR count). The summed E-state index contributed by atoms with van der Waals surface area (Å²) in [6, 6.07) is 5.76. The minimum absolute atomic E-state index is 0.447. The summed E-state index contributed by atoms with van der Waals surface area (Å²) in [4.78, 5) is 0. The fourth-order valence-corrected chi connectivity index (χ4v) is 1.24. The predicted molar refractivity (Wildman–Crippen MR) is 51.7 cm³/mol. The van der Waals surface area contributed by atoms with E-state index >= 15 is 0 Å². The Morgan fingerprint density at radius 3 is 3.14 bits per heavy atom. The fourth-order valence-electron chi connectivity index (χ4n) is 1.24. The molecule has 0 aliphatic heterocycles. The first-order valence-corrected chi connectivity index (χ1v) is 4.48. The maximum absolute atomic E-state index is 5.31. The summed E-state index contributed by atoms with van der Waals surface area (Å²) in [5, 5.41) is 8.01. The lowest BCUT2D eigenvalue weighted by molar-refractivity contribution is 0.122. The second-order valence-electron chi connectivity index (χ2n) is 2.89. The number of rotatable bonds is 4. The van der Waals surface area contributed by atoms with Gasteiger partial charge in [-0.15, -0.1) is 10.2 Å². The van der Waals surface area contributed by atoms with Crippen LogP contribution in [-0.4, -0.2) is 27.7 Å². The number of fused-ring (bicyclic) bond motifs is 1. The van der Waals surface area contributed by atoms with Crippen molar-refractivity contribution >= 4 is 5.65 Å². The van der Waals surface area contributed by atoms with Gasteiger partial charge in [0, 0.05) is 12.7 Å². The van der Waals surface area contributed by atoms with Crippen molar-refractivity contribution in [1.29, 1.82) is 0 Å². The summed E-state index contributed by atoms with van der Waals surface area (Å²) in [7, 11) is 0. The van der Waals surface area contributed by atoms with Crippen molar-refractivity contribution in [1.82, 2.24) is 14.6 Å². The van der Waals surface area contributed by atoms with E-state index in [1.807, 2.05) is 28.8 Å². The lowest BCUT2D eigenvalue weighted by atomic mass is 10.5. The quantitative estimate of drug-likeness (QED) is 0.703. The number of nitrogens with zero attached hydrogens (tertiary/aromatic N) is 3. The minimum Gasteiger partial charge on any atom is -0.372 e. The molecule has 0 unspecified atom stereocenters. The van der Waals surface area contributed by atoms with E-state index in [1.165, 1.54) is 0 Å². The summed E-state index contributed by atoms with van der Waals surface area (Å²) < 4.78 is 7.19. The van der Waals surface area contributed by atoms with Gasteiger partial charge in [0.25, 0.3) is 0 Å². The Hall–Kier alpha value is -1.46. The molecular weight excluding hydrogens is 180 g/mol. The average Bonchev–Trinajstić information content (AvgIpc) is 2.63. The highest BCUT2D eigenvalue weighted by Gasteiger charge is 2.03. The Balaban J connectivity index is 2.17. The summed E-state index contributed by atoms with van der Waals surface area (Å²) in [6.07, 6.45) is 1.91. The topological polar surface area (TPSA) is 65.4 Å². The molecule has 2 aromatic rings. The summed E-state index contributed by atoms with van der Waals surface area (Å²) in [5.41, 5.74) is 6.15. The normalized spacial score (nSPS) is 10.9. The third kappa shape index (κ3) is 1.73. The van der Waals surface area contributed by atoms with Crippen LogP contribution in [0.2, 0.25) is 0 Å². The molecule has 5 nitrogen and oxygen atoms in total. The maximum atomic E-state index is 5.31. The van der Waals surface area contributed by atoms with Crippen LogP contribution in [-0.2, 0) is 11.3 Å². The van der Waals surface area contributed by atoms with Gasteiger partial charge in [0.2, 0.25) is 0 Å². The van der Waals surface area contributed by atoms with E-state index in [0.29, 0.717) is 19.8 Å². The van der Waals surface area contributed by atoms with Crippen LogP contribution in [0.15, 0.2) is 24.4 Å². The average molecular weight is 192 g/mol. The Kier molecular flexibility index (Phi) is 2.71. The molecular formula is C9H12N4O. The van der Waals surface area contributed by atoms with E-state index in [2.05, 4.69) is 10.2 Å². The van der Waals surface area contributed by atoms with Gasteiger partial charge in [-0.1, -0.05) is 6.07 Å². The van der Waals surface area contributed by atoms with Crippen LogP contribution in [0.1, 0.15) is 5.82 Å². The van der Waals surface area contributed by atoms with Gasteiger partial charge in [-0.25, -0.2) is 0 Å². The Labute approximate surface area is 81.5 Å². The smallest absolute Gasteiger partial charge is 0.163 e. The SMILES string of the molecule is NCCOCc1nnc2ccccn12. The third-order valence-electron chi connectivity index (χ3n) is 1.88. The van der Waals surface area contributed by atoms with Gasteiger partial charge in [0.05, 0.1) is 6.61 Å². The maximum Gasteiger partial charge on any atom is 0.163 e. The highest BCUT2D eigenvalue weighted by Crippen LogP contribution is 2.03. The molecule has 0 saturated carbocycles. The second kappa shape index (κ2) is 4.17. The zero-order valence-electron chi connectivity index (χ0n) is 7.76. The molecule has 0 spiro atoms. The standard InChI is InChI=1S/C9H12N4O/c10-4-6-14-7-9-12-11-8-3-1-2-5-13(8)9/h1-3,5H,4,6-7,10H2. The van der Waals surface area contributed by atoms with Crippen LogP contribution >= 0.6 is 0 Å². The molecule has 5 heteroatoms. The molecule has 2 heterocycles. The molecule has 0 radical (unpaired) electrons. The molecule has 2 N–H and O–H groups in total. The predicted octanol–water partition coefficient (Wildman–Crippen LogP) is 0.205. The van der Waals surface area contributed by atoms with Crippen molar-refractivity contribution in [2.45, 2.75) is 6.61 Å². The van der Waals surface area contributed by atoms with E-state index in [9.17, 15) is 0 Å². The first kappa shape index (κ1) is 9.11. The van der Waals surface area contributed by atoms with Crippen molar-refractivity contribution in [2.75, 3.05) is 13.2 Å². The van der Waals surface area contributed by atoms with E-state index in [-0.39, 0.29) is 0 Å². The van der Waals surface area contributed by atoms with Gasteiger partial charge in [-0.2, -0.15) is 0 Å². The molecule has 0 amide bonds. The van der Waals surface area contributed by atoms with Crippen LogP contribution in [0.4, 0.5) is 0 Å². The monoisotopic (exact) mass is 192 g/mol. The van der Waals surface area contributed by atoms with E-state index in [0.717, 1.165) is 11.5 Å². The molecule has 0 saturated heterocycles. The Bertz CT molecular complexity index is 412. The minimum atomic E-state index is 0.447. The van der Waals surface area contributed by atoms with Gasteiger partial charge < -0.3 is 10.5 Å². The van der Waals surface area contributed by atoms with Crippen LogP contribution in [0.25, 0.3) is 5.65 Å². The number of hydrogen-bond acceptors (Lipinski definition) is 4. The molecule has 0 bridgehead atoms. The number of nitrogens with two attached hydrogens (primary N) is 1. The Morgan fingerprint density at radius 2 is 2.29 bits per heavy atom. The largest absolute Gasteiger partial charge is 0.372 e. The van der Waals surface area contributed by atoms with Crippen molar-refractivity contribution in [2.24, 2.45) is 5.73 Å². The summed E-state index contributed by atoms with van der Waals surface area (Å²) in [5.74, 6) is 0.800. The third-order valence-corrected chi connectivity index (χ3v) is 1.88. The zero-order chi connectivity index (χ0) is 9.80. The van der Waals surface area contributed by atoms with Crippen LogP contribution in [0, 0.1) is 0 Å². The van der Waals surface area contributed by atoms with Crippen molar-refractivity contribution in [3.05, 3.63) is 30.2 Å². The van der Waals surface area contributed by atoms with Crippen molar-refractivity contribution in [3.63, 3.8) is 0 Å². The molecule has 0 fully saturated rings. The molecule has 74 valence electrons. The second-order valence-corrected chi connectivity index (χ2v) is 2.89. The number of hydrogen-bond donors (Lipinski definition) is 1. The van der Waals surface area contributed by atoms with Crippen molar-refractivity contribution in [3.8, 4) is 0 Å². The van der Waals surface area contributed by atoms with E-state index in [4.69, 9.17) is 10.5 Å². The lowest BCUT2D eigenvalue weighted by Crippen LogP contribution is -2.09. The number of ether oxygens (including phenoxy) is 1. The molecule has 0 aliphatic carbocycles. The molecule has 2 aromatic heterocycles. The fraction of sp³-hybridized carbons (Fsp3) is 0.333. The number of aromatic nitrogens is 3. The highest BCUT2D eigenvalue weighted by molar-refractivity contribution is 5.36. The molecule has 14 heavy (non-hydrogen) atoms. The lowest BCUT2D eigenvalue weighted by Gasteiger charge is -2.00. The molecule has 0 aromatic carbocycles. The first-order valence-electron chi connectivity index (χ1n) is 4.48. The van der Waals surface area contributed by atoms with Crippen LogP contribution < -0.4 is 5.73 Å². The van der Waals surface area contributed by atoms with Gasteiger partial charge in [-0.05, 0) is 12.1 Å². The highest BCUT2D eigenvalue weighted by atomic mass is 16.5. The van der Waals surface area contributed by atoms with Gasteiger partial charge in [0.15, 0.2) is 11.5 Å². The molecule has 0 aliphatic rings. The van der Waals surface area contributed by atoms with E-state index < -0.39 is 0 Å².